The van der Waals surface area contributed by atoms with Gasteiger partial charge in [0.2, 0.25) is 0 Å². The normalized spacial score (nSPS) is 30.4. The van der Waals surface area contributed by atoms with E-state index in [0.29, 0.717) is 18.1 Å². The molecule has 4 nitrogen and oxygen atoms in total. The lowest BCUT2D eigenvalue weighted by Crippen LogP contribution is -2.47. The van der Waals surface area contributed by atoms with Gasteiger partial charge in [-0.1, -0.05) is 0 Å². The molecule has 1 N–H and O–H groups in total. The van der Waals surface area contributed by atoms with Crippen LogP contribution in [0, 0.1) is 0 Å². The van der Waals surface area contributed by atoms with Gasteiger partial charge in [0.05, 0.1) is 11.5 Å². The maximum absolute atomic E-state index is 11.4. The summed E-state index contributed by atoms with van der Waals surface area (Å²) < 4.78 is 22.8. The van der Waals surface area contributed by atoms with Crippen molar-refractivity contribution >= 4 is 9.84 Å². The highest BCUT2D eigenvalue weighted by atomic mass is 32.2. The highest BCUT2D eigenvalue weighted by Crippen LogP contribution is 2.18. The molecule has 2 aliphatic rings. The molecule has 0 bridgehead atoms. The molecule has 1 aliphatic heterocycles. The zero-order chi connectivity index (χ0) is 11.6. The third-order valence-corrected chi connectivity index (χ3v) is 5.24. The van der Waals surface area contributed by atoms with E-state index in [-0.39, 0.29) is 6.04 Å². The summed E-state index contributed by atoms with van der Waals surface area (Å²) in [6, 6.07) is 0.971. The first-order valence-electron chi connectivity index (χ1n) is 6.25. The molecule has 0 amide bonds. The zero-order valence-electron chi connectivity index (χ0n) is 9.98. The minimum absolute atomic E-state index is 0.194. The van der Waals surface area contributed by atoms with Crippen LogP contribution in [0.1, 0.15) is 26.2 Å². The topological polar surface area (TPSA) is 49.4 Å². The third-order valence-electron chi connectivity index (χ3n) is 3.44. The average molecular weight is 246 g/mol. The van der Waals surface area contributed by atoms with Gasteiger partial charge in [-0.05, 0) is 39.3 Å². The van der Waals surface area contributed by atoms with Crippen LogP contribution in [0.4, 0.5) is 0 Å². The van der Waals surface area contributed by atoms with Crippen LogP contribution in [0.5, 0.6) is 0 Å². The maximum Gasteiger partial charge on any atom is 0.153 e. The average Bonchev–Trinajstić information content (AvgIpc) is 2.98. The van der Waals surface area contributed by atoms with Crippen molar-refractivity contribution in [3.8, 4) is 0 Å². The van der Waals surface area contributed by atoms with Crippen molar-refractivity contribution in [1.29, 1.82) is 0 Å². The lowest BCUT2D eigenvalue weighted by Gasteiger charge is -2.33. The van der Waals surface area contributed by atoms with Crippen molar-refractivity contribution in [2.45, 2.75) is 38.3 Å². The van der Waals surface area contributed by atoms with Gasteiger partial charge in [0.1, 0.15) is 0 Å². The second-order valence-electron chi connectivity index (χ2n) is 5.08. The first-order chi connectivity index (χ1) is 7.57. The molecule has 5 heteroatoms. The maximum atomic E-state index is 11.4. The molecule has 0 aromatic rings. The van der Waals surface area contributed by atoms with Crippen LogP contribution in [0.15, 0.2) is 0 Å². The molecule has 0 radical (unpaired) electrons. The highest BCUT2D eigenvalue weighted by molar-refractivity contribution is 7.91. The van der Waals surface area contributed by atoms with Crippen molar-refractivity contribution in [2.24, 2.45) is 0 Å². The van der Waals surface area contributed by atoms with E-state index in [9.17, 15) is 8.42 Å². The standard InChI is InChI=1S/C11H22N2O2S/c1-10-9-16(14,15)8-7-13(10)6-2-5-12-11-3-4-11/h10-12H,2-9H2,1H3. The molecule has 1 heterocycles. The van der Waals surface area contributed by atoms with Crippen molar-refractivity contribution in [3.05, 3.63) is 0 Å². The summed E-state index contributed by atoms with van der Waals surface area (Å²) in [4.78, 5) is 2.30. The Morgan fingerprint density at radius 3 is 2.75 bits per heavy atom. The fourth-order valence-electron chi connectivity index (χ4n) is 2.24. The van der Waals surface area contributed by atoms with Gasteiger partial charge in [0.15, 0.2) is 9.84 Å². The molecule has 1 aliphatic carbocycles. The van der Waals surface area contributed by atoms with Crippen LogP contribution in [0.2, 0.25) is 0 Å². The molecule has 16 heavy (non-hydrogen) atoms. The number of rotatable bonds is 5. The van der Waals surface area contributed by atoms with Crippen LogP contribution >= 0.6 is 0 Å². The van der Waals surface area contributed by atoms with Gasteiger partial charge < -0.3 is 5.32 Å². The van der Waals surface area contributed by atoms with Crippen LogP contribution < -0.4 is 5.32 Å². The van der Waals surface area contributed by atoms with E-state index < -0.39 is 9.84 Å². The molecule has 2 fully saturated rings. The first kappa shape index (κ1) is 12.3. The molecule has 1 saturated carbocycles. The van der Waals surface area contributed by atoms with E-state index in [0.717, 1.165) is 25.6 Å². The Bertz CT molecular complexity index is 325. The Labute approximate surface area is 98.3 Å². The number of sulfone groups is 1. The van der Waals surface area contributed by atoms with E-state index in [4.69, 9.17) is 0 Å². The van der Waals surface area contributed by atoms with Gasteiger partial charge in [0.25, 0.3) is 0 Å². The van der Waals surface area contributed by atoms with E-state index in [1.165, 1.54) is 12.8 Å². The Balaban J connectivity index is 1.65. The Morgan fingerprint density at radius 1 is 1.38 bits per heavy atom. The predicted octanol–water partition coefficient (Wildman–Crippen LogP) is 0.247. The number of nitrogens with one attached hydrogen (secondary N) is 1. The smallest absolute Gasteiger partial charge is 0.153 e. The SMILES string of the molecule is CC1CS(=O)(=O)CCN1CCCNC1CC1. The molecule has 0 aromatic heterocycles. The van der Waals surface area contributed by atoms with E-state index in [1.54, 1.807) is 0 Å². The van der Waals surface area contributed by atoms with Gasteiger partial charge in [-0.15, -0.1) is 0 Å². The molecular formula is C11H22N2O2S. The lowest BCUT2D eigenvalue weighted by molar-refractivity contribution is 0.223. The summed E-state index contributed by atoms with van der Waals surface area (Å²) in [5, 5.41) is 3.48. The Morgan fingerprint density at radius 2 is 2.12 bits per heavy atom. The minimum Gasteiger partial charge on any atom is -0.314 e. The molecule has 0 spiro atoms. The number of nitrogens with zero attached hydrogens (tertiary/aromatic N) is 1. The van der Waals surface area contributed by atoms with Crippen LogP contribution in [-0.2, 0) is 9.84 Å². The largest absolute Gasteiger partial charge is 0.314 e. The van der Waals surface area contributed by atoms with Crippen molar-refractivity contribution in [2.75, 3.05) is 31.1 Å². The summed E-state index contributed by atoms with van der Waals surface area (Å²) in [6.45, 7) is 4.83. The van der Waals surface area contributed by atoms with Gasteiger partial charge >= 0.3 is 0 Å². The molecule has 2 rings (SSSR count). The molecule has 94 valence electrons. The fourth-order valence-corrected chi connectivity index (χ4v) is 3.87. The molecule has 1 atom stereocenters. The fraction of sp³-hybridized carbons (Fsp3) is 1.00. The monoisotopic (exact) mass is 246 g/mol. The van der Waals surface area contributed by atoms with Crippen LogP contribution in [-0.4, -0.2) is 56.5 Å². The summed E-state index contributed by atoms with van der Waals surface area (Å²) in [5.74, 6) is 0.677. The van der Waals surface area contributed by atoms with Gasteiger partial charge in [-0.3, -0.25) is 4.90 Å². The molecule has 1 saturated heterocycles. The van der Waals surface area contributed by atoms with E-state index >= 15 is 0 Å². The summed E-state index contributed by atoms with van der Waals surface area (Å²) >= 11 is 0. The third kappa shape index (κ3) is 3.71. The zero-order valence-corrected chi connectivity index (χ0v) is 10.8. The summed E-state index contributed by atoms with van der Waals surface area (Å²) in [5.41, 5.74) is 0. The lowest BCUT2D eigenvalue weighted by atomic mass is 10.2. The van der Waals surface area contributed by atoms with Gasteiger partial charge in [-0.2, -0.15) is 0 Å². The molecule has 0 aromatic carbocycles. The first-order valence-corrected chi connectivity index (χ1v) is 8.07. The number of hydrogen-bond donors (Lipinski definition) is 1. The Hall–Kier alpha value is -0.130. The van der Waals surface area contributed by atoms with E-state index in [1.807, 2.05) is 6.92 Å². The molecular weight excluding hydrogens is 224 g/mol. The predicted molar refractivity (Wildman–Crippen MR) is 65.3 cm³/mol. The number of hydrogen-bond acceptors (Lipinski definition) is 4. The van der Waals surface area contributed by atoms with Gasteiger partial charge in [0, 0.05) is 18.6 Å². The summed E-state index contributed by atoms with van der Waals surface area (Å²) in [6.07, 6.45) is 3.79. The quantitative estimate of drug-likeness (QED) is 0.706. The minimum atomic E-state index is -2.76. The van der Waals surface area contributed by atoms with Crippen molar-refractivity contribution in [3.63, 3.8) is 0 Å². The van der Waals surface area contributed by atoms with Crippen LogP contribution in [0.25, 0.3) is 0 Å². The van der Waals surface area contributed by atoms with E-state index in [2.05, 4.69) is 10.2 Å². The van der Waals surface area contributed by atoms with Gasteiger partial charge in [-0.25, -0.2) is 8.42 Å². The summed E-state index contributed by atoms with van der Waals surface area (Å²) in [7, 11) is -2.76. The second-order valence-corrected chi connectivity index (χ2v) is 7.31. The van der Waals surface area contributed by atoms with Crippen molar-refractivity contribution < 1.29 is 8.42 Å². The second kappa shape index (κ2) is 5.02. The Kier molecular flexibility index (Phi) is 3.87. The molecule has 1 unspecified atom stereocenters. The highest BCUT2D eigenvalue weighted by Gasteiger charge is 2.27. The van der Waals surface area contributed by atoms with Crippen LogP contribution in [0.3, 0.4) is 0 Å². The van der Waals surface area contributed by atoms with Crippen molar-refractivity contribution in [1.82, 2.24) is 10.2 Å².